The highest BCUT2D eigenvalue weighted by molar-refractivity contribution is 9.10. The van der Waals surface area contributed by atoms with Crippen LogP contribution in [0, 0.1) is 0 Å². The summed E-state index contributed by atoms with van der Waals surface area (Å²) in [6.07, 6.45) is 0.512. The predicted molar refractivity (Wildman–Crippen MR) is 97.0 cm³/mol. The Balaban J connectivity index is 1.87. The van der Waals surface area contributed by atoms with E-state index < -0.39 is 0 Å². The molecule has 3 aromatic rings. The van der Waals surface area contributed by atoms with Gasteiger partial charge in [-0.25, -0.2) is 9.89 Å². The Labute approximate surface area is 152 Å². The Morgan fingerprint density at radius 1 is 1.29 bits per heavy atom. The van der Waals surface area contributed by atoms with Gasteiger partial charge < -0.3 is 4.74 Å². The Kier molecular flexibility index (Phi) is 5.06. The molecule has 7 heteroatoms. The van der Waals surface area contributed by atoms with E-state index in [-0.39, 0.29) is 5.69 Å². The van der Waals surface area contributed by atoms with Crippen molar-refractivity contribution < 1.29 is 4.74 Å². The zero-order chi connectivity index (χ0) is 17.1. The molecule has 0 saturated carbocycles. The van der Waals surface area contributed by atoms with E-state index in [1.54, 1.807) is 10.6 Å². The SMILES string of the molecule is CCn1c(Cc2ccc(Cl)c(Oc3cccc(Br)c3)c2)n[nH]c1=O. The fraction of sp³-hybridized carbons (Fsp3) is 0.176. The molecule has 0 aliphatic heterocycles. The number of H-pyrrole nitrogens is 1. The number of hydrogen-bond acceptors (Lipinski definition) is 3. The first kappa shape index (κ1) is 16.8. The van der Waals surface area contributed by atoms with E-state index in [2.05, 4.69) is 26.1 Å². The summed E-state index contributed by atoms with van der Waals surface area (Å²) in [4.78, 5) is 11.7. The number of hydrogen-bond donors (Lipinski definition) is 1. The third-order valence-electron chi connectivity index (χ3n) is 3.54. The van der Waals surface area contributed by atoms with E-state index in [9.17, 15) is 4.79 Å². The minimum atomic E-state index is -0.202. The average molecular weight is 409 g/mol. The predicted octanol–water partition coefficient (Wildman–Crippen LogP) is 4.39. The van der Waals surface area contributed by atoms with Gasteiger partial charge >= 0.3 is 5.69 Å². The molecular weight excluding hydrogens is 394 g/mol. The van der Waals surface area contributed by atoms with Gasteiger partial charge in [-0.15, -0.1) is 0 Å². The summed E-state index contributed by atoms with van der Waals surface area (Å²) < 4.78 is 8.40. The number of halogens is 2. The van der Waals surface area contributed by atoms with E-state index in [1.165, 1.54) is 0 Å². The second-order valence-corrected chi connectivity index (χ2v) is 6.51. The summed E-state index contributed by atoms with van der Waals surface area (Å²) in [6.45, 7) is 2.48. The number of nitrogens with zero attached hydrogens (tertiary/aromatic N) is 2. The lowest BCUT2D eigenvalue weighted by molar-refractivity contribution is 0.482. The van der Waals surface area contributed by atoms with E-state index >= 15 is 0 Å². The second kappa shape index (κ2) is 7.23. The highest BCUT2D eigenvalue weighted by atomic mass is 79.9. The van der Waals surface area contributed by atoms with Crippen molar-refractivity contribution in [3.8, 4) is 11.5 Å². The third kappa shape index (κ3) is 3.71. The Hall–Kier alpha value is -2.05. The third-order valence-corrected chi connectivity index (χ3v) is 4.34. The number of nitrogens with one attached hydrogen (secondary N) is 1. The molecule has 0 bridgehead atoms. The van der Waals surface area contributed by atoms with E-state index in [0.29, 0.717) is 35.3 Å². The van der Waals surface area contributed by atoms with Gasteiger partial charge in [0, 0.05) is 17.4 Å². The summed E-state index contributed by atoms with van der Waals surface area (Å²) in [6, 6.07) is 13.1. The van der Waals surface area contributed by atoms with Gasteiger partial charge in [-0.05, 0) is 42.8 Å². The molecule has 0 atom stereocenters. The van der Waals surface area contributed by atoms with Crippen LogP contribution in [-0.2, 0) is 13.0 Å². The van der Waals surface area contributed by atoms with E-state index in [0.717, 1.165) is 10.0 Å². The van der Waals surface area contributed by atoms with Crippen molar-refractivity contribution in [3.05, 3.63) is 73.8 Å². The summed E-state index contributed by atoms with van der Waals surface area (Å²) in [5.74, 6) is 1.93. The molecule has 0 amide bonds. The summed E-state index contributed by atoms with van der Waals surface area (Å²) in [5.41, 5.74) is 0.755. The first-order valence-electron chi connectivity index (χ1n) is 7.42. The zero-order valence-corrected chi connectivity index (χ0v) is 15.3. The van der Waals surface area contributed by atoms with Gasteiger partial charge in [0.25, 0.3) is 0 Å². The molecule has 0 saturated heterocycles. The molecule has 1 heterocycles. The molecule has 24 heavy (non-hydrogen) atoms. The standard InChI is InChI=1S/C17H15BrClN3O2/c1-2-22-16(20-21-17(22)23)9-11-6-7-14(19)15(8-11)24-13-5-3-4-12(18)10-13/h3-8,10H,2,9H2,1H3,(H,21,23). The average Bonchev–Trinajstić information content (AvgIpc) is 2.90. The maximum atomic E-state index is 11.7. The van der Waals surface area contributed by atoms with Crippen LogP contribution in [0.3, 0.4) is 0 Å². The fourth-order valence-electron chi connectivity index (χ4n) is 2.39. The lowest BCUT2D eigenvalue weighted by Crippen LogP contribution is -2.17. The molecule has 1 aromatic heterocycles. The summed E-state index contributed by atoms with van der Waals surface area (Å²) in [7, 11) is 0. The van der Waals surface area contributed by atoms with E-state index in [1.807, 2.05) is 43.3 Å². The number of aromatic nitrogens is 3. The largest absolute Gasteiger partial charge is 0.456 e. The van der Waals surface area contributed by atoms with Crippen molar-refractivity contribution in [3.63, 3.8) is 0 Å². The highest BCUT2D eigenvalue weighted by Crippen LogP contribution is 2.31. The van der Waals surface area contributed by atoms with Gasteiger partial charge in [-0.3, -0.25) is 4.57 Å². The molecule has 3 rings (SSSR count). The number of ether oxygens (including phenoxy) is 1. The minimum absolute atomic E-state index is 0.202. The van der Waals surface area contributed by atoms with Crippen LogP contribution in [0.1, 0.15) is 18.3 Å². The maximum Gasteiger partial charge on any atom is 0.343 e. The second-order valence-electron chi connectivity index (χ2n) is 5.19. The van der Waals surface area contributed by atoms with Crippen LogP contribution in [-0.4, -0.2) is 14.8 Å². The molecular formula is C17H15BrClN3O2. The van der Waals surface area contributed by atoms with Crippen molar-refractivity contribution in [1.29, 1.82) is 0 Å². The van der Waals surface area contributed by atoms with Crippen LogP contribution >= 0.6 is 27.5 Å². The topological polar surface area (TPSA) is 59.9 Å². The van der Waals surface area contributed by atoms with Crippen LogP contribution in [0.5, 0.6) is 11.5 Å². The Morgan fingerprint density at radius 3 is 2.88 bits per heavy atom. The van der Waals surface area contributed by atoms with Crippen LogP contribution in [0.25, 0.3) is 0 Å². The molecule has 124 valence electrons. The van der Waals surface area contributed by atoms with Crippen molar-refractivity contribution in [2.45, 2.75) is 19.9 Å². The molecule has 0 aliphatic carbocycles. The van der Waals surface area contributed by atoms with Crippen molar-refractivity contribution in [2.24, 2.45) is 0 Å². The lowest BCUT2D eigenvalue weighted by atomic mass is 10.1. The van der Waals surface area contributed by atoms with Crippen LogP contribution in [0.15, 0.2) is 51.7 Å². The molecule has 0 aliphatic rings. The molecule has 0 spiro atoms. The molecule has 5 nitrogen and oxygen atoms in total. The van der Waals surface area contributed by atoms with Crippen LogP contribution in [0.4, 0.5) is 0 Å². The number of rotatable bonds is 5. The molecule has 2 aromatic carbocycles. The van der Waals surface area contributed by atoms with Gasteiger partial charge in [-0.1, -0.05) is 39.7 Å². The maximum absolute atomic E-state index is 11.7. The summed E-state index contributed by atoms with van der Waals surface area (Å²) in [5, 5.41) is 7.07. The quantitative estimate of drug-likeness (QED) is 0.681. The van der Waals surface area contributed by atoms with Crippen molar-refractivity contribution in [1.82, 2.24) is 14.8 Å². The zero-order valence-electron chi connectivity index (χ0n) is 12.9. The molecule has 0 fully saturated rings. The smallest absolute Gasteiger partial charge is 0.343 e. The van der Waals surface area contributed by atoms with Gasteiger partial charge in [0.1, 0.15) is 17.3 Å². The van der Waals surface area contributed by atoms with Gasteiger partial charge in [0.15, 0.2) is 0 Å². The van der Waals surface area contributed by atoms with Crippen molar-refractivity contribution >= 4 is 27.5 Å². The molecule has 0 radical (unpaired) electrons. The molecule has 0 unspecified atom stereocenters. The molecule has 1 N–H and O–H groups in total. The first-order valence-corrected chi connectivity index (χ1v) is 8.60. The van der Waals surface area contributed by atoms with E-state index in [4.69, 9.17) is 16.3 Å². The number of aromatic amines is 1. The van der Waals surface area contributed by atoms with Gasteiger partial charge in [-0.2, -0.15) is 5.10 Å². The fourth-order valence-corrected chi connectivity index (χ4v) is 2.92. The minimum Gasteiger partial charge on any atom is -0.456 e. The van der Waals surface area contributed by atoms with Crippen LogP contribution < -0.4 is 10.4 Å². The highest BCUT2D eigenvalue weighted by Gasteiger charge is 2.10. The van der Waals surface area contributed by atoms with Gasteiger partial charge in [0.2, 0.25) is 0 Å². The summed E-state index contributed by atoms with van der Waals surface area (Å²) >= 11 is 9.65. The van der Waals surface area contributed by atoms with Gasteiger partial charge in [0.05, 0.1) is 5.02 Å². The van der Waals surface area contributed by atoms with Crippen molar-refractivity contribution in [2.75, 3.05) is 0 Å². The lowest BCUT2D eigenvalue weighted by Gasteiger charge is -2.10. The Bertz CT molecular complexity index is 920. The normalized spacial score (nSPS) is 10.8. The monoisotopic (exact) mass is 407 g/mol. The van der Waals surface area contributed by atoms with Crippen LogP contribution in [0.2, 0.25) is 5.02 Å². The number of benzene rings is 2. The Morgan fingerprint density at radius 2 is 2.12 bits per heavy atom. The first-order chi connectivity index (χ1) is 11.6.